The average Bonchev–Trinajstić information content (AvgIpc) is 2.32. The van der Waals surface area contributed by atoms with Gasteiger partial charge in [0.25, 0.3) is 0 Å². The van der Waals surface area contributed by atoms with Crippen molar-refractivity contribution < 1.29 is 4.39 Å². The Morgan fingerprint density at radius 3 is 2.71 bits per heavy atom. The van der Waals surface area contributed by atoms with Gasteiger partial charge >= 0.3 is 0 Å². The highest BCUT2D eigenvalue weighted by Crippen LogP contribution is 2.22. The van der Waals surface area contributed by atoms with Crippen molar-refractivity contribution in [3.05, 3.63) is 41.5 Å². The standard InChI is InChI=1S/C13H16FN3/c1-17-8-2-3-12(13(17)9-15)16-11-6-4-10(14)5-7-11/h4-7,9,15-16H,2-3,8H2,1H3. The second kappa shape index (κ2) is 4.99. The van der Waals surface area contributed by atoms with E-state index in [1.807, 2.05) is 7.05 Å². The van der Waals surface area contributed by atoms with E-state index in [4.69, 9.17) is 5.41 Å². The first kappa shape index (κ1) is 11.6. The lowest BCUT2D eigenvalue weighted by molar-refractivity contribution is 0.400. The molecule has 1 aliphatic rings. The third-order valence-electron chi connectivity index (χ3n) is 2.92. The minimum absolute atomic E-state index is 0.238. The van der Waals surface area contributed by atoms with Crippen molar-refractivity contribution in [3.8, 4) is 0 Å². The number of nitrogens with one attached hydrogen (secondary N) is 2. The Kier molecular flexibility index (Phi) is 3.42. The minimum Gasteiger partial charge on any atom is -0.372 e. The Balaban J connectivity index is 2.21. The zero-order valence-electron chi connectivity index (χ0n) is 9.83. The van der Waals surface area contributed by atoms with Crippen molar-refractivity contribution in [2.24, 2.45) is 0 Å². The van der Waals surface area contributed by atoms with Gasteiger partial charge in [-0.3, -0.25) is 0 Å². The molecule has 4 heteroatoms. The van der Waals surface area contributed by atoms with Crippen LogP contribution < -0.4 is 5.32 Å². The highest BCUT2D eigenvalue weighted by Gasteiger charge is 2.15. The summed E-state index contributed by atoms with van der Waals surface area (Å²) < 4.78 is 12.8. The number of hydrogen-bond acceptors (Lipinski definition) is 3. The summed E-state index contributed by atoms with van der Waals surface area (Å²) in [6.07, 6.45) is 3.36. The van der Waals surface area contributed by atoms with Gasteiger partial charge in [0.2, 0.25) is 0 Å². The van der Waals surface area contributed by atoms with E-state index in [9.17, 15) is 4.39 Å². The second-order valence-electron chi connectivity index (χ2n) is 4.17. The average molecular weight is 233 g/mol. The number of nitrogens with zero attached hydrogens (tertiary/aromatic N) is 1. The summed E-state index contributed by atoms with van der Waals surface area (Å²) in [5.41, 5.74) is 2.79. The number of halogens is 1. The number of anilines is 1. The van der Waals surface area contributed by atoms with Gasteiger partial charge in [-0.15, -0.1) is 0 Å². The largest absolute Gasteiger partial charge is 0.372 e. The molecule has 0 fully saturated rings. The van der Waals surface area contributed by atoms with Gasteiger partial charge in [-0.1, -0.05) is 0 Å². The van der Waals surface area contributed by atoms with Gasteiger partial charge in [0.15, 0.2) is 0 Å². The maximum Gasteiger partial charge on any atom is 0.123 e. The molecule has 1 aromatic rings. The van der Waals surface area contributed by atoms with Crippen molar-refractivity contribution in [2.75, 3.05) is 18.9 Å². The van der Waals surface area contributed by atoms with Crippen LogP contribution in [0.3, 0.4) is 0 Å². The van der Waals surface area contributed by atoms with Crippen molar-refractivity contribution in [2.45, 2.75) is 12.8 Å². The Morgan fingerprint density at radius 2 is 2.06 bits per heavy atom. The van der Waals surface area contributed by atoms with Crippen LogP contribution >= 0.6 is 0 Å². The molecule has 2 N–H and O–H groups in total. The fraction of sp³-hybridized carbons (Fsp3) is 0.308. The molecule has 0 saturated heterocycles. The molecule has 1 aromatic carbocycles. The molecule has 17 heavy (non-hydrogen) atoms. The van der Waals surface area contributed by atoms with E-state index in [0.717, 1.165) is 36.5 Å². The number of allylic oxidation sites excluding steroid dienone is 2. The molecule has 1 heterocycles. The van der Waals surface area contributed by atoms with Gasteiger partial charge < -0.3 is 15.6 Å². The molecule has 0 bridgehead atoms. The molecule has 0 unspecified atom stereocenters. The highest BCUT2D eigenvalue weighted by atomic mass is 19.1. The summed E-state index contributed by atoms with van der Waals surface area (Å²) in [7, 11) is 1.98. The van der Waals surface area contributed by atoms with Gasteiger partial charge in [0.05, 0.1) is 5.70 Å². The van der Waals surface area contributed by atoms with Crippen LogP contribution in [0.4, 0.5) is 10.1 Å². The van der Waals surface area contributed by atoms with Crippen LogP contribution in [-0.4, -0.2) is 24.7 Å². The predicted molar refractivity (Wildman–Crippen MR) is 67.7 cm³/mol. The normalized spacial score (nSPS) is 16.0. The summed E-state index contributed by atoms with van der Waals surface area (Å²) in [6.45, 7) is 0.972. The fourth-order valence-electron chi connectivity index (χ4n) is 2.00. The zero-order valence-corrected chi connectivity index (χ0v) is 9.83. The van der Waals surface area contributed by atoms with E-state index in [2.05, 4.69) is 10.2 Å². The third-order valence-corrected chi connectivity index (χ3v) is 2.92. The van der Waals surface area contributed by atoms with Gasteiger partial charge in [-0.2, -0.15) is 0 Å². The maximum absolute atomic E-state index is 12.8. The van der Waals surface area contributed by atoms with Crippen molar-refractivity contribution in [3.63, 3.8) is 0 Å². The van der Waals surface area contributed by atoms with E-state index in [1.54, 1.807) is 12.1 Å². The highest BCUT2D eigenvalue weighted by molar-refractivity contribution is 5.77. The van der Waals surface area contributed by atoms with E-state index in [1.165, 1.54) is 18.3 Å². The molecular weight excluding hydrogens is 217 g/mol. The van der Waals surface area contributed by atoms with Crippen LogP contribution in [-0.2, 0) is 0 Å². The van der Waals surface area contributed by atoms with Crippen molar-refractivity contribution in [1.82, 2.24) is 4.90 Å². The lowest BCUT2D eigenvalue weighted by Gasteiger charge is -2.28. The zero-order chi connectivity index (χ0) is 12.3. The quantitative estimate of drug-likeness (QED) is 0.788. The van der Waals surface area contributed by atoms with Crippen LogP contribution in [0.25, 0.3) is 0 Å². The van der Waals surface area contributed by atoms with E-state index < -0.39 is 0 Å². The lowest BCUT2D eigenvalue weighted by Crippen LogP contribution is -2.27. The van der Waals surface area contributed by atoms with Crippen LogP contribution in [0.1, 0.15) is 12.8 Å². The monoisotopic (exact) mass is 233 g/mol. The fourth-order valence-corrected chi connectivity index (χ4v) is 2.00. The lowest BCUT2D eigenvalue weighted by atomic mass is 10.1. The van der Waals surface area contributed by atoms with Crippen molar-refractivity contribution >= 4 is 11.9 Å². The minimum atomic E-state index is -0.238. The summed E-state index contributed by atoms with van der Waals surface area (Å²) in [5.74, 6) is -0.238. The first-order valence-corrected chi connectivity index (χ1v) is 5.68. The number of benzene rings is 1. The summed E-state index contributed by atoms with van der Waals surface area (Å²) in [6, 6.07) is 6.27. The van der Waals surface area contributed by atoms with Gasteiger partial charge in [-0.25, -0.2) is 4.39 Å². The van der Waals surface area contributed by atoms with Gasteiger partial charge in [0, 0.05) is 31.2 Å². The summed E-state index contributed by atoms with van der Waals surface area (Å²) >= 11 is 0. The van der Waals surface area contributed by atoms with Gasteiger partial charge in [0.1, 0.15) is 5.82 Å². The predicted octanol–water partition coefficient (Wildman–Crippen LogP) is 2.82. The molecule has 0 radical (unpaired) electrons. The van der Waals surface area contributed by atoms with Crippen LogP contribution in [0, 0.1) is 11.2 Å². The van der Waals surface area contributed by atoms with Crippen LogP contribution in [0.5, 0.6) is 0 Å². The van der Waals surface area contributed by atoms with Gasteiger partial charge in [-0.05, 0) is 37.1 Å². The Bertz CT molecular complexity index is 436. The third kappa shape index (κ3) is 2.64. The van der Waals surface area contributed by atoms with Crippen LogP contribution in [0.2, 0.25) is 0 Å². The summed E-state index contributed by atoms with van der Waals surface area (Å²) in [5, 5.41) is 10.7. The molecule has 0 amide bonds. The second-order valence-corrected chi connectivity index (χ2v) is 4.17. The molecule has 3 nitrogen and oxygen atoms in total. The summed E-state index contributed by atoms with van der Waals surface area (Å²) in [4.78, 5) is 2.06. The number of rotatable bonds is 3. The Hall–Kier alpha value is -1.84. The van der Waals surface area contributed by atoms with Crippen molar-refractivity contribution in [1.29, 1.82) is 5.41 Å². The topological polar surface area (TPSA) is 39.1 Å². The molecule has 1 aliphatic heterocycles. The first-order valence-electron chi connectivity index (χ1n) is 5.68. The Labute approximate surface area is 100 Å². The van der Waals surface area contributed by atoms with E-state index >= 15 is 0 Å². The molecular formula is C13H16FN3. The smallest absolute Gasteiger partial charge is 0.123 e. The first-order chi connectivity index (χ1) is 8.20. The molecule has 2 rings (SSSR count). The maximum atomic E-state index is 12.8. The van der Waals surface area contributed by atoms with Crippen LogP contribution in [0.15, 0.2) is 35.7 Å². The van der Waals surface area contributed by atoms with E-state index in [0.29, 0.717) is 0 Å². The molecule has 0 spiro atoms. The van der Waals surface area contributed by atoms with E-state index in [-0.39, 0.29) is 5.82 Å². The number of hydrogen-bond donors (Lipinski definition) is 2. The molecule has 0 atom stereocenters. The molecule has 0 aromatic heterocycles. The molecule has 0 aliphatic carbocycles. The molecule has 0 saturated carbocycles. The SMILES string of the molecule is CN1CCCC(Nc2ccc(F)cc2)=C1C=N. The Morgan fingerprint density at radius 1 is 1.35 bits per heavy atom. The molecule has 90 valence electrons.